The summed E-state index contributed by atoms with van der Waals surface area (Å²) in [6.07, 6.45) is 18.4. The summed E-state index contributed by atoms with van der Waals surface area (Å²) < 4.78 is 0. The minimum absolute atomic E-state index is 0.0604. The Labute approximate surface area is 147 Å². The summed E-state index contributed by atoms with van der Waals surface area (Å²) in [5.41, 5.74) is 0. The van der Waals surface area contributed by atoms with Gasteiger partial charge in [-0.2, -0.15) is 0 Å². The zero-order valence-electron chi connectivity index (χ0n) is 15.2. The summed E-state index contributed by atoms with van der Waals surface area (Å²) in [4.78, 5) is 11.8. The van der Waals surface area contributed by atoms with E-state index in [1.807, 2.05) is 0 Å². The average molecular weight is 331 g/mol. The second-order valence-electron chi connectivity index (χ2n) is 9.05. The molecule has 134 valence electrons. The van der Waals surface area contributed by atoms with Crippen molar-refractivity contribution < 1.29 is 9.90 Å². The van der Waals surface area contributed by atoms with Crippen molar-refractivity contribution in [3.05, 3.63) is 12.2 Å². The highest BCUT2D eigenvalue weighted by Gasteiger charge is 2.69. The van der Waals surface area contributed by atoms with Crippen molar-refractivity contribution in [1.29, 1.82) is 0 Å². The van der Waals surface area contributed by atoms with E-state index < -0.39 is 5.97 Å². The minimum atomic E-state index is -0.517. The lowest BCUT2D eigenvalue weighted by atomic mass is 9.45. The predicted molar refractivity (Wildman–Crippen MR) is 96.5 cm³/mol. The van der Waals surface area contributed by atoms with Crippen LogP contribution >= 0.6 is 0 Å². The van der Waals surface area contributed by atoms with E-state index in [0.29, 0.717) is 17.8 Å². The van der Waals surface area contributed by atoms with E-state index >= 15 is 0 Å². The van der Waals surface area contributed by atoms with Crippen LogP contribution in [0, 0.1) is 47.3 Å². The summed E-state index contributed by atoms with van der Waals surface area (Å²) in [5.74, 6) is 4.15. The Morgan fingerprint density at radius 1 is 0.917 bits per heavy atom. The van der Waals surface area contributed by atoms with Gasteiger partial charge in [0.05, 0.1) is 5.92 Å². The first-order valence-corrected chi connectivity index (χ1v) is 10.6. The molecule has 0 unspecified atom stereocenters. The maximum absolute atomic E-state index is 11.8. The Morgan fingerprint density at radius 2 is 1.58 bits per heavy atom. The van der Waals surface area contributed by atoms with Crippen LogP contribution in [0.3, 0.4) is 0 Å². The highest BCUT2D eigenvalue weighted by atomic mass is 16.4. The van der Waals surface area contributed by atoms with E-state index in [0.717, 1.165) is 23.7 Å². The van der Waals surface area contributed by atoms with Crippen molar-refractivity contribution in [3.8, 4) is 0 Å². The lowest BCUT2D eigenvalue weighted by Gasteiger charge is -2.59. The third-order valence-electron chi connectivity index (χ3n) is 8.02. The summed E-state index contributed by atoms with van der Waals surface area (Å²) >= 11 is 0. The molecule has 1 N–H and O–H groups in total. The second-order valence-corrected chi connectivity index (χ2v) is 9.05. The van der Waals surface area contributed by atoms with Crippen molar-refractivity contribution in [1.82, 2.24) is 0 Å². The zero-order valence-corrected chi connectivity index (χ0v) is 15.2. The third kappa shape index (κ3) is 2.56. The van der Waals surface area contributed by atoms with Crippen molar-refractivity contribution in [2.45, 2.75) is 71.1 Å². The SMILES string of the molecule is CCCCCCCCCC[C@H]1[C@@H]2C[C@H]3[C@@H]4C=C[C@H]([C@@H]3C(=O)O)[C@H]1[C@@H]42. The smallest absolute Gasteiger partial charge is 0.307 e. The molecule has 3 saturated carbocycles. The van der Waals surface area contributed by atoms with E-state index in [4.69, 9.17) is 0 Å². The van der Waals surface area contributed by atoms with E-state index in [-0.39, 0.29) is 5.92 Å². The van der Waals surface area contributed by atoms with Crippen molar-refractivity contribution in [2.75, 3.05) is 0 Å². The van der Waals surface area contributed by atoms with Gasteiger partial charge in [0.25, 0.3) is 0 Å². The molecule has 0 aromatic heterocycles. The molecule has 0 aliphatic heterocycles. The molecule has 0 heterocycles. The summed E-state index contributed by atoms with van der Waals surface area (Å²) in [7, 11) is 0. The van der Waals surface area contributed by atoms with Gasteiger partial charge in [0.15, 0.2) is 0 Å². The van der Waals surface area contributed by atoms with Crippen molar-refractivity contribution in [3.63, 3.8) is 0 Å². The largest absolute Gasteiger partial charge is 0.481 e. The van der Waals surface area contributed by atoms with E-state index in [1.165, 1.54) is 64.2 Å². The summed E-state index contributed by atoms with van der Waals surface area (Å²) in [5, 5.41) is 9.70. The van der Waals surface area contributed by atoms with Crippen LogP contribution in [0.1, 0.15) is 71.1 Å². The fourth-order valence-electron chi connectivity index (χ4n) is 7.12. The Morgan fingerprint density at radius 3 is 2.29 bits per heavy atom. The molecule has 5 rings (SSSR count). The van der Waals surface area contributed by atoms with Gasteiger partial charge in [-0.1, -0.05) is 70.4 Å². The van der Waals surface area contributed by atoms with Crippen LogP contribution in [0.15, 0.2) is 12.2 Å². The van der Waals surface area contributed by atoms with Crippen LogP contribution in [0.5, 0.6) is 0 Å². The maximum Gasteiger partial charge on any atom is 0.307 e. The van der Waals surface area contributed by atoms with Crippen molar-refractivity contribution in [2.24, 2.45) is 47.3 Å². The van der Waals surface area contributed by atoms with Gasteiger partial charge < -0.3 is 5.11 Å². The second kappa shape index (κ2) is 6.84. The molecule has 8 atom stereocenters. The van der Waals surface area contributed by atoms with Crippen LogP contribution < -0.4 is 0 Å². The molecular formula is C22H34O2. The molecule has 0 aromatic rings. The summed E-state index contributed by atoms with van der Waals surface area (Å²) in [6, 6.07) is 0. The van der Waals surface area contributed by atoms with Gasteiger partial charge in [-0.05, 0) is 54.3 Å². The minimum Gasteiger partial charge on any atom is -0.481 e. The topological polar surface area (TPSA) is 37.3 Å². The van der Waals surface area contributed by atoms with Crippen LogP contribution in [-0.2, 0) is 4.79 Å². The first kappa shape index (κ1) is 16.7. The highest BCUT2D eigenvalue weighted by molar-refractivity contribution is 5.72. The highest BCUT2D eigenvalue weighted by Crippen LogP contribution is 2.72. The van der Waals surface area contributed by atoms with Crippen LogP contribution in [-0.4, -0.2) is 11.1 Å². The van der Waals surface area contributed by atoms with E-state index in [1.54, 1.807) is 0 Å². The standard InChI is InChI=1S/C22H34O2/c1-2-3-4-5-6-7-8-9-10-14-17-13-18-15-11-12-16(19(14)20(15)17)21(18)22(23)24/h11-12,14-21H,2-10,13H2,1H3,(H,23,24)/t14-,15-,16-,17-,18-,19-,20-,21-/m0/s1. The number of carboxylic acid groups (broad SMARTS) is 1. The van der Waals surface area contributed by atoms with Crippen LogP contribution in [0.25, 0.3) is 0 Å². The summed E-state index contributed by atoms with van der Waals surface area (Å²) in [6.45, 7) is 2.28. The number of hydrogen-bond acceptors (Lipinski definition) is 1. The molecule has 0 saturated heterocycles. The number of unbranched alkanes of at least 4 members (excludes halogenated alkanes) is 7. The number of carbonyl (C=O) groups is 1. The van der Waals surface area contributed by atoms with Crippen molar-refractivity contribution >= 4 is 5.97 Å². The molecule has 2 nitrogen and oxygen atoms in total. The average Bonchev–Trinajstić information content (AvgIpc) is 2.77. The fraction of sp³-hybridized carbons (Fsp3) is 0.864. The Hall–Kier alpha value is -0.790. The quantitative estimate of drug-likeness (QED) is 0.422. The van der Waals surface area contributed by atoms with Gasteiger partial charge in [-0.3, -0.25) is 4.79 Å². The third-order valence-corrected chi connectivity index (χ3v) is 8.02. The zero-order chi connectivity index (χ0) is 16.7. The molecular weight excluding hydrogens is 296 g/mol. The van der Waals surface area contributed by atoms with Gasteiger partial charge in [0.1, 0.15) is 0 Å². The molecule has 5 aliphatic rings. The van der Waals surface area contributed by atoms with E-state index in [9.17, 15) is 9.90 Å². The molecule has 4 bridgehead atoms. The Bertz CT molecular complexity index is 496. The first-order chi connectivity index (χ1) is 11.7. The van der Waals surface area contributed by atoms with Gasteiger partial charge in [-0.25, -0.2) is 0 Å². The first-order valence-electron chi connectivity index (χ1n) is 10.6. The van der Waals surface area contributed by atoms with Gasteiger partial charge >= 0.3 is 5.97 Å². The Kier molecular flexibility index (Phi) is 4.75. The molecule has 0 spiro atoms. The number of rotatable bonds is 10. The lowest BCUT2D eigenvalue weighted by molar-refractivity contribution is -0.155. The molecule has 0 aromatic carbocycles. The molecule has 3 fully saturated rings. The number of aliphatic carboxylic acids is 1. The Balaban J connectivity index is 1.25. The van der Waals surface area contributed by atoms with Gasteiger partial charge in [0, 0.05) is 0 Å². The number of hydrogen-bond donors (Lipinski definition) is 1. The van der Waals surface area contributed by atoms with Crippen LogP contribution in [0.2, 0.25) is 0 Å². The molecule has 2 heteroatoms. The predicted octanol–water partition coefficient (Wildman–Crippen LogP) is 5.53. The fourth-order valence-corrected chi connectivity index (χ4v) is 7.12. The maximum atomic E-state index is 11.8. The van der Waals surface area contributed by atoms with Gasteiger partial charge in [-0.15, -0.1) is 0 Å². The molecule has 5 aliphatic carbocycles. The van der Waals surface area contributed by atoms with Crippen LogP contribution in [0.4, 0.5) is 0 Å². The normalized spacial score (nSPS) is 43.9. The number of allylic oxidation sites excluding steroid dienone is 2. The number of carboxylic acids is 1. The molecule has 24 heavy (non-hydrogen) atoms. The monoisotopic (exact) mass is 330 g/mol. The lowest BCUT2D eigenvalue weighted by Crippen LogP contribution is -2.56. The van der Waals surface area contributed by atoms with Gasteiger partial charge in [0.2, 0.25) is 0 Å². The molecule has 0 amide bonds. The van der Waals surface area contributed by atoms with E-state index in [2.05, 4.69) is 19.1 Å². The molecule has 0 radical (unpaired) electrons.